The molecule has 1 N–H and O–H groups in total. The first-order valence-corrected chi connectivity index (χ1v) is 10.9. The normalized spacial score (nSPS) is 24.8. The summed E-state index contributed by atoms with van der Waals surface area (Å²) in [4.78, 5) is 12.4. The summed E-state index contributed by atoms with van der Waals surface area (Å²) in [7, 11) is 1.46. The number of carbonyl (C=O) groups is 1. The first-order valence-electron chi connectivity index (χ1n) is 10.9. The minimum atomic E-state index is -0.243. The number of fused-ring (bicyclic) bond motifs is 1. The Balaban J connectivity index is 1.48. The maximum atomic E-state index is 12.4. The summed E-state index contributed by atoms with van der Waals surface area (Å²) in [6, 6.07) is 8.58. The van der Waals surface area contributed by atoms with Gasteiger partial charge in [-0.3, -0.25) is 0 Å². The molecule has 158 valence electrons. The number of hydrogen-bond donors (Lipinski definition) is 1. The highest BCUT2D eigenvalue weighted by atomic mass is 16.5. The molecule has 2 aromatic rings. The SMILES string of the molecule is COC(=O)c1c(C)n([C@H](C)C2CCC(CNC3(C)COC3)CC2)c2ccccc12. The van der Waals surface area contributed by atoms with Gasteiger partial charge in [0.1, 0.15) is 0 Å². The zero-order chi connectivity index (χ0) is 20.6. The molecule has 2 heterocycles. The van der Waals surface area contributed by atoms with E-state index in [2.05, 4.69) is 42.8 Å². The van der Waals surface area contributed by atoms with Gasteiger partial charge in [-0.2, -0.15) is 0 Å². The molecule has 0 spiro atoms. The predicted molar refractivity (Wildman–Crippen MR) is 115 cm³/mol. The molecule has 1 atom stereocenters. The van der Waals surface area contributed by atoms with Crippen molar-refractivity contribution in [2.24, 2.45) is 11.8 Å². The van der Waals surface area contributed by atoms with Gasteiger partial charge in [-0.15, -0.1) is 0 Å². The van der Waals surface area contributed by atoms with Crippen molar-refractivity contribution in [3.8, 4) is 0 Å². The summed E-state index contributed by atoms with van der Waals surface area (Å²) < 4.78 is 12.8. The van der Waals surface area contributed by atoms with Gasteiger partial charge in [0, 0.05) is 22.6 Å². The molecule has 1 aromatic heterocycles. The first kappa shape index (κ1) is 20.4. The van der Waals surface area contributed by atoms with Crippen LogP contribution >= 0.6 is 0 Å². The summed E-state index contributed by atoms with van der Waals surface area (Å²) in [5.41, 5.74) is 3.06. The number of aromatic nitrogens is 1. The molecule has 4 rings (SSSR count). The van der Waals surface area contributed by atoms with Crippen LogP contribution in [0.2, 0.25) is 0 Å². The Morgan fingerprint density at radius 3 is 2.59 bits per heavy atom. The Labute approximate surface area is 173 Å². The molecule has 1 saturated heterocycles. The van der Waals surface area contributed by atoms with Gasteiger partial charge >= 0.3 is 5.97 Å². The second-order valence-electron chi connectivity index (χ2n) is 9.29. The van der Waals surface area contributed by atoms with Crippen molar-refractivity contribution in [1.29, 1.82) is 0 Å². The zero-order valence-corrected chi connectivity index (χ0v) is 18.2. The van der Waals surface area contributed by atoms with Crippen molar-refractivity contribution in [3.05, 3.63) is 35.5 Å². The summed E-state index contributed by atoms with van der Waals surface area (Å²) >= 11 is 0. The Morgan fingerprint density at radius 2 is 1.97 bits per heavy atom. The molecule has 0 radical (unpaired) electrons. The number of nitrogens with zero attached hydrogens (tertiary/aromatic N) is 1. The minimum Gasteiger partial charge on any atom is -0.465 e. The van der Waals surface area contributed by atoms with Gasteiger partial charge in [0.25, 0.3) is 0 Å². The quantitative estimate of drug-likeness (QED) is 0.729. The van der Waals surface area contributed by atoms with Gasteiger partial charge in [0.2, 0.25) is 0 Å². The van der Waals surface area contributed by atoms with E-state index in [1.165, 1.54) is 32.8 Å². The Bertz CT molecular complexity index is 876. The smallest absolute Gasteiger partial charge is 0.340 e. The van der Waals surface area contributed by atoms with Crippen molar-refractivity contribution in [1.82, 2.24) is 9.88 Å². The van der Waals surface area contributed by atoms with Crippen molar-refractivity contribution < 1.29 is 14.3 Å². The number of benzene rings is 1. The van der Waals surface area contributed by atoms with Gasteiger partial charge in [-0.25, -0.2) is 4.79 Å². The molecule has 1 aromatic carbocycles. The summed E-state index contributed by atoms with van der Waals surface area (Å²) in [5.74, 6) is 1.14. The molecule has 0 unspecified atom stereocenters. The average molecular weight is 399 g/mol. The van der Waals surface area contributed by atoms with Crippen LogP contribution in [0.3, 0.4) is 0 Å². The number of esters is 1. The lowest BCUT2D eigenvalue weighted by Gasteiger charge is -2.41. The molecule has 29 heavy (non-hydrogen) atoms. The lowest BCUT2D eigenvalue weighted by atomic mass is 9.78. The van der Waals surface area contributed by atoms with Gasteiger partial charge in [0.15, 0.2) is 0 Å². The van der Waals surface area contributed by atoms with E-state index < -0.39 is 0 Å². The summed E-state index contributed by atoms with van der Waals surface area (Å²) in [6.45, 7) is 9.39. The topological polar surface area (TPSA) is 52.5 Å². The van der Waals surface area contributed by atoms with E-state index >= 15 is 0 Å². The van der Waals surface area contributed by atoms with E-state index in [1.807, 2.05) is 12.1 Å². The van der Waals surface area contributed by atoms with Gasteiger partial charge in [-0.1, -0.05) is 18.2 Å². The van der Waals surface area contributed by atoms with Crippen LogP contribution in [-0.2, 0) is 9.47 Å². The third kappa shape index (κ3) is 3.82. The molecular formula is C24H34N2O3. The first-order chi connectivity index (χ1) is 13.9. The fourth-order valence-corrected chi connectivity index (χ4v) is 5.26. The van der Waals surface area contributed by atoms with Crippen LogP contribution in [0.1, 0.15) is 61.6 Å². The van der Waals surface area contributed by atoms with Crippen molar-refractivity contribution in [2.75, 3.05) is 26.9 Å². The Hall–Kier alpha value is -1.85. The molecule has 1 saturated carbocycles. The number of ether oxygens (including phenoxy) is 2. The fraction of sp³-hybridized carbons (Fsp3) is 0.625. The van der Waals surface area contributed by atoms with Gasteiger partial charge in [0.05, 0.1) is 31.4 Å². The zero-order valence-electron chi connectivity index (χ0n) is 18.2. The largest absolute Gasteiger partial charge is 0.465 e. The number of methoxy groups -OCH3 is 1. The van der Waals surface area contributed by atoms with Crippen LogP contribution in [0.25, 0.3) is 10.9 Å². The number of carbonyl (C=O) groups excluding carboxylic acids is 1. The fourth-order valence-electron chi connectivity index (χ4n) is 5.26. The van der Waals surface area contributed by atoms with E-state index in [9.17, 15) is 4.79 Å². The van der Waals surface area contributed by atoms with Crippen LogP contribution in [0.4, 0.5) is 0 Å². The molecule has 0 bridgehead atoms. The van der Waals surface area contributed by atoms with Crippen LogP contribution < -0.4 is 5.32 Å². The van der Waals surface area contributed by atoms with Crippen LogP contribution in [-0.4, -0.2) is 42.9 Å². The minimum absolute atomic E-state index is 0.190. The molecule has 5 heteroatoms. The van der Waals surface area contributed by atoms with Crippen LogP contribution in [0, 0.1) is 18.8 Å². The van der Waals surface area contributed by atoms with Crippen LogP contribution in [0.15, 0.2) is 24.3 Å². The maximum absolute atomic E-state index is 12.4. The second kappa shape index (κ2) is 8.11. The van der Waals surface area contributed by atoms with Gasteiger partial charge < -0.3 is 19.4 Å². The van der Waals surface area contributed by atoms with E-state index in [1.54, 1.807) is 0 Å². The lowest BCUT2D eigenvalue weighted by Crippen LogP contribution is -2.59. The predicted octanol–water partition coefficient (Wildman–Crippen LogP) is 4.48. The molecule has 5 nitrogen and oxygen atoms in total. The standard InChI is InChI=1S/C24H34N2O3/c1-16(19-11-9-18(10-12-19)13-25-24(3)14-29-15-24)26-17(2)22(23(27)28-4)20-7-5-6-8-21(20)26/h5-8,16,18-19,25H,9-15H2,1-4H3/t16-,18?,19?/m1/s1. The molecule has 1 aliphatic heterocycles. The Kier molecular flexibility index (Phi) is 5.71. The monoisotopic (exact) mass is 398 g/mol. The molecular weight excluding hydrogens is 364 g/mol. The highest BCUT2D eigenvalue weighted by molar-refractivity contribution is 6.05. The molecule has 1 aliphatic carbocycles. The highest BCUT2D eigenvalue weighted by Gasteiger charge is 2.34. The Morgan fingerprint density at radius 1 is 1.28 bits per heavy atom. The van der Waals surface area contributed by atoms with Crippen molar-refractivity contribution in [3.63, 3.8) is 0 Å². The van der Waals surface area contributed by atoms with Gasteiger partial charge in [-0.05, 0) is 70.9 Å². The van der Waals surface area contributed by atoms with E-state index in [0.29, 0.717) is 17.5 Å². The lowest BCUT2D eigenvalue weighted by molar-refractivity contribution is -0.0661. The van der Waals surface area contributed by atoms with E-state index in [0.717, 1.165) is 42.3 Å². The van der Waals surface area contributed by atoms with Crippen LogP contribution in [0.5, 0.6) is 0 Å². The maximum Gasteiger partial charge on any atom is 0.340 e. The van der Waals surface area contributed by atoms with Crippen molar-refractivity contribution in [2.45, 2.75) is 58.0 Å². The average Bonchev–Trinajstić information content (AvgIpc) is 3.02. The number of rotatable bonds is 6. The van der Waals surface area contributed by atoms with E-state index in [4.69, 9.17) is 9.47 Å². The second-order valence-corrected chi connectivity index (χ2v) is 9.29. The summed E-state index contributed by atoms with van der Waals surface area (Å²) in [6.07, 6.45) is 5.00. The number of para-hydroxylation sites is 1. The molecule has 0 amide bonds. The molecule has 2 aliphatic rings. The van der Waals surface area contributed by atoms with E-state index in [-0.39, 0.29) is 11.5 Å². The number of nitrogens with one attached hydrogen (secondary N) is 1. The number of hydrogen-bond acceptors (Lipinski definition) is 4. The summed E-state index contributed by atoms with van der Waals surface area (Å²) in [5, 5.41) is 4.71. The van der Waals surface area contributed by atoms with Crippen molar-refractivity contribution >= 4 is 16.9 Å². The third-order valence-electron chi connectivity index (χ3n) is 7.19. The third-order valence-corrected chi connectivity index (χ3v) is 7.19. The molecule has 2 fully saturated rings. The highest BCUT2D eigenvalue weighted by Crippen LogP contribution is 2.39.